The minimum Gasteiger partial charge on any atom is -0.459 e. The molecular formula is C20H34N2O5. The topological polar surface area (TPSA) is 117 Å². The monoisotopic (exact) mass is 382 g/mol. The highest BCUT2D eigenvalue weighted by molar-refractivity contribution is 6.45. The molecule has 0 aliphatic carbocycles. The Kier molecular flexibility index (Phi) is 9.02. The average molecular weight is 383 g/mol. The number of ketones is 1. The fraction of sp³-hybridized carbons (Fsp3) is 0.750. The molecule has 0 saturated heterocycles. The molecule has 0 saturated carbocycles. The van der Waals surface area contributed by atoms with E-state index in [1.807, 2.05) is 0 Å². The second-order valence-electron chi connectivity index (χ2n) is 8.53. The van der Waals surface area contributed by atoms with Gasteiger partial charge in [-0.05, 0) is 54.4 Å². The standard InChI is InChI=1S/C20H34N2O5/c1-9-12(17(24)26-19(3,4)5)14(21)11-15(23)16(22)13(10-2)18(25)27-20(6,7)8/h12-13,21-22H,9-11H2,1-8H3/t12-,13-/m1/s1. The summed E-state index contributed by atoms with van der Waals surface area (Å²) in [5.74, 6) is -3.67. The Hall–Kier alpha value is -2.05. The molecule has 0 amide bonds. The molecule has 0 aromatic rings. The van der Waals surface area contributed by atoms with Crippen molar-refractivity contribution >= 4 is 29.1 Å². The van der Waals surface area contributed by atoms with Crippen molar-refractivity contribution in [2.75, 3.05) is 0 Å². The number of hydrogen-bond acceptors (Lipinski definition) is 7. The molecule has 7 heteroatoms. The van der Waals surface area contributed by atoms with Crippen LogP contribution in [0.4, 0.5) is 0 Å². The highest BCUT2D eigenvalue weighted by Gasteiger charge is 2.33. The van der Waals surface area contributed by atoms with Crippen LogP contribution in [-0.4, -0.2) is 40.3 Å². The van der Waals surface area contributed by atoms with Crippen LogP contribution in [0.2, 0.25) is 0 Å². The summed E-state index contributed by atoms with van der Waals surface area (Å²) in [6, 6.07) is 0. The van der Waals surface area contributed by atoms with Gasteiger partial charge in [0.1, 0.15) is 17.1 Å². The molecule has 0 rings (SSSR count). The first kappa shape index (κ1) is 24.9. The lowest BCUT2D eigenvalue weighted by Crippen LogP contribution is -2.37. The van der Waals surface area contributed by atoms with Gasteiger partial charge in [0.2, 0.25) is 0 Å². The van der Waals surface area contributed by atoms with Gasteiger partial charge in [-0.3, -0.25) is 14.4 Å². The maximum atomic E-state index is 12.4. The average Bonchev–Trinajstić information content (AvgIpc) is 2.44. The first-order chi connectivity index (χ1) is 12.1. The van der Waals surface area contributed by atoms with Crippen LogP contribution in [0.15, 0.2) is 0 Å². The van der Waals surface area contributed by atoms with Crippen molar-refractivity contribution in [1.82, 2.24) is 0 Å². The zero-order valence-corrected chi connectivity index (χ0v) is 17.8. The molecule has 0 unspecified atom stereocenters. The first-order valence-corrected chi connectivity index (χ1v) is 9.27. The van der Waals surface area contributed by atoms with Gasteiger partial charge in [-0.1, -0.05) is 13.8 Å². The molecule has 0 aliphatic heterocycles. The molecule has 7 nitrogen and oxygen atoms in total. The van der Waals surface area contributed by atoms with Crippen LogP contribution in [0, 0.1) is 22.7 Å². The third kappa shape index (κ3) is 8.93. The number of hydrogen-bond donors (Lipinski definition) is 2. The van der Waals surface area contributed by atoms with E-state index in [9.17, 15) is 14.4 Å². The molecule has 0 aromatic carbocycles. The Morgan fingerprint density at radius 2 is 1.15 bits per heavy atom. The summed E-state index contributed by atoms with van der Waals surface area (Å²) in [6.07, 6.45) is 0.170. The molecule has 0 spiro atoms. The van der Waals surface area contributed by atoms with Gasteiger partial charge >= 0.3 is 11.9 Å². The highest BCUT2D eigenvalue weighted by atomic mass is 16.6. The van der Waals surface area contributed by atoms with E-state index in [2.05, 4.69) is 0 Å². The van der Waals surface area contributed by atoms with Crippen LogP contribution in [0.25, 0.3) is 0 Å². The molecule has 0 radical (unpaired) electrons. The second kappa shape index (κ2) is 9.76. The third-order valence-electron chi connectivity index (χ3n) is 3.62. The molecule has 27 heavy (non-hydrogen) atoms. The lowest BCUT2D eigenvalue weighted by Gasteiger charge is -2.24. The lowest BCUT2D eigenvalue weighted by atomic mass is 9.90. The first-order valence-electron chi connectivity index (χ1n) is 9.27. The zero-order chi connectivity index (χ0) is 21.6. The molecule has 0 fully saturated rings. The van der Waals surface area contributed by atoms with E-state index >= 15 is 0 Å². The number of nitrogens with one attached hydrogen (secondary N) is 2. The van der Waals surface area contributed by atoms with Crippen LogP contribution in [0.3, 0.4) is 0 Å². The summed E-state index contributed by atoms with van der Waals surface area (Å²) < 4.78 is 10.6. The molecule has 2 atom stereocenters. The predicted molar refractivity (Wildman–Crippen MR) is 104 cm³/mol. The third-order valence-corrected chi connectivity index (χ3v) is 3.62. The largest absolute Gasteiger partial charge is 0.459 e. The lowest BCUT2D eigenvalue weighted by molar-refractivity contribution is -0.158. The van der Waals surface area contributed by atoms with Gasteiger partial charge in [0.05, 0.1) is 18.1 Å². The Labute approximate surface area is 162 Å². The van der Waals surface area contributed by atoms with Crippen LogP contribution in [0.1, 0.15) is 74.7 Å². The van der Waals surface area contributed by atoms with E-state index in [4.69, 9.17) is 20.3 Å². The summed E-state index contributed by atoms with van der Waals surface area (Å²) in [6.45, 7) is 13.8. The molecule has 2 N–H and O–H groups in total. The predicted octanol–water partition coefficient (Wildman–Crippen LogP) is 3.72. The minimum absolute atomic E-state index is 0.111. The minimum atomic E-state index is -0.980. The second-order valence-corrected chi connectivity index (χ2v) is 8.53. The number of Topliss-reactive ketones (excluding diaryl/α,β-unsaturated/α-hetero) is 1. The summed E-state index contributed by atoms with van der Waals surface area (Å²) in [5, 5.41) is 16.2. The van der Waals surface area contributed by atoms with Crippen molar-refractivity contribution in [3.63, 3.8) is 0 Å². The van der Waals surface area contributed by atoms with E-state index in [-0.39, 0.29) is 12.1 Å². The molecule has 0 bridgehead atoms. The van der Waals surface area contributed by atoms with Crippen molar-refractivity contribution < 1.29 is 23.9 Å². The Bertz CT molecular complexity index is 596. The smallest absolute Gasteiger partial charge is 0.315 e. The van der Waals surface area contributed by atoms with Crippen molar-refractivity contribution in [3.8, 4) is 0 Å². The van der Waals surface area contributed by atoms with Gasteiger partial charge in [0.25, 0.3) is 0 Å². The number of carbonyl (C=O) groups excluding carboxylic acids is 3. The fourth-order valence-electron chi connectivity index (χ4n) is 2.38. The van der Waals surface area contributed by atoms with Crippen molar-refractivity contribution in [3.05, 3.63) is 0 Å². The van der Waals surface area contributed by atoms with E-state index < -0.39 is 52.9 Å². The maximum absolute atomic E-state index is 12.4. The van der Waals surface area contributed by atoms with Gasteiger partial charge < -0.3 is 20.3 Å². The molecule has 0 heterocycles. The van der Waals surface area contributed by atoms with Gasteiger partial charge in [0, 0.05) is 5.71 Å². The Morgan fingerprint density at radius 1 is 0.778 bits per heavy atom. The van der Waals surface area contributed by atoms with Crippen molar-refractivity contribution in [2.45, 2.75) is 85.9 Å². The van der Waals surface area contributed by atoms with Gasteiger partial charge in [-0.25, -0.2) is 0 Å². The Morgan fingerprint density at radius 3 is 1.48 bits per heavy atom. The zero-order valence-electron chi connectivity index (χ0n) is 17.8. The number of esters is 2. The maximum Gasteiger partial charge on any atom is 0.315 e. The van der Waals surface area contributed by atoms with Crippen LogP contribution < -0.4 is 0 Å². The normalized spacial score (nSPS) is 14.1. The number of carbonyl (C=O) groups is 3. The summed E-state index contributed by atoms with van der Waals surface area (Å²) in [5.41, 5.74) is -1.91. The molecule has 0 aromatic heterocycles. The quantitative estimate of drug-likeness (QED) is 0.465. The highest BCUT2D eigenvalue weighted by Crippen LogP contribution is 2.19. The van der Waals surface area contributed by atoms with Gasteiger partial charge in [0.15, 0.2) is 5.78 Å². The van der Waals surface area contributed by atoms with Crippen LogP contribution in [-0.2, 0) is 23.9 Å². The van der Waals surface area contributed by atoms with Crippen LogP contribution in [0.5, 0.6) is 0 Å². The van der Waals surface area contributed by atoms with Crippen molar-refractivity contribution in [2.24, 2.45) is 11.8 Å². The molecule has 0 aliphatic rings. The fourth-order valence-corrected chi connectivity index (χ4v) is 2.38. The van der Waals surface area contributed by atoms with E-state index in [0.29, 0.717) is 6.42 Å². The van der Waals surface area contributed by atoms with Crippen molar-refractivity contribution in [1.29, 1.82) is 10.8 Å². The van der Waals surface area contributed by atoms with Crippen LogP contribution >= 0.6 is 0 Å². The number of ether oxygens (including phenoxy) is 2. The van der Waals surface area contributed by atoms with E-state index in [1.165, 1.54) is 0 Å². The van der Waals surface area contributed by atoms with Gasteiger partial charge in [-0.2, -0.15) is 0 Å². The van der Waals surface area contributed by atoms with E-state index in [1.54, 1.807) is 55.4 Å². The summed E-state index contributed by atoms with van der Waals surface area (Å²) in [7, 11) is 0. The molecular weight excluding hydrogens is 348 g/mol. The Balaban J connectivity index is 5.11. The number of rotatable bonds is 9. The van der Waals surface area contributed by atoms with E-state index in [0.717, 1.165) is 0 Å². The summed E-state index contributed by atoms with van der Waals surface area (Å²) in [4.78, 5) is 36.9. The summed E-state index contributed by atoms with van der Waals surface area (Å²) >= 11 is 0. The SMILES string of the molecule is CC[C@H](C(=N)CC(=O)C(=N)[C@@H](CC)C(=O)OC(C)(C)C)C(=O)OC(C)(C)C. The van der Waals surface area contributed by atoms with Gasteiger partial charge in [-0.15, -0.1) is 0 Å². The molecule has 154 valence electrons.